The molecule has 1 fully saturated rings. The van der Waals surface area contributed by atoms with Gasteiger partial charge in [0.25, 0.3) is 0 Å². The number of rotatable bonds is 0. The number of fused-ring (bicyclic) bond motifs is 4. The highest BCUT2D eigenvalue weighted by Crippen LogP contribution is 2.45. The third kappa shape index (κ3) is 1.65. The fraction of sp³-hybridized carbons (Fsp3) is 0.438. The van der Waals surface area contributed by atoms with Gasteiger partial charge in [-0.15, -0.1) is 0 Å². The quantitative estimate of drug-likeness (QED) is 0.786. The molecule has 0 unspecified atom stereocenters. The Kier molecular flexibility index (Phi) is 2.33. The van der Waals surface area contributed by atoms with E-state index in [-0.39, 0.29) is 5.92 Å². The molecule has 1 N–H and O–H groups in total. The maximum absolute atomic E-state index is 10.7. The van der Waals surface area contributed by atoms with Gasteiger partial charge in [0.1, 0.15) is 5.75 Å². The maximum atomic E-state index is 10.7. The first-order valence-corrected chi connectivity index (χ1v) is 7.04. The van der Waals surface area contributed by atoms with E-state index >= 15 is 0 Å². The standard InChI is InChI=1S/C16H17NO2/c18-16-8-2-1-4-11(16)10-13-12-5-3-9-17-14(12)6-7-15(13)19-16/h3,5-7,9,11,18H,1-2,4,8,10H2/t11-,16-/m1/s1. The first-order chi connectivity index (χ1) is 9.26. The van der Waals surface area contributed by atoms with E-state index in [1.54, 1.807) is 0 Å². The van der Waals surface area contributed by atoms with Gasteiger partial charge in [0, 0.05) is 29.5 Å². The highest BCUT2D eigenvalue weighted by atomic mass is 16.6. The Morgan fingerprint density at radius 1 is 1.26 bits per heavy atom. The molecule has 0 bridgehead atoms. The van der Waals surface area contributed by atoms with Crippen molar-refractivity contribution in [3.05, 3.63) is 36.0 Å². The highest BCUT2D eigenvalue weighted by molar-refractivity contribution is 5.84. The minimum Gasteiger partial charge on any atom is -0.462 e. The van der Waals surface area contributed by atoms with Gasteiger partial charge in [0.15, 0.2) is 0 Å². The molecule has 0 amide bonds. The van der Waals surface area contributed by atoms with Gasteiger partial charge < -0.3 is 9.84 Å². The molecule has 2 aliphatic rings. The first-order valence-electron chi connectivity index (χ1n) is 7.04. The Morgan fingerprint density at radius 3 is 3.16 bits per heavy atom. The number of nitrogens with zero attached hydrogens (tertiary/aromatic N) is 1. The van der Waals surface area contributed by atoms with Gasteiger partial charge in [-0.3, -0.25) is 4.98 Å². The summed E-state index contributed by atoms with van der Waals surface area (Å²) in [5, 5.41) is 11.8. The molecule has 1 aliphatic carbocycles. The summed E-state index contributed by atoms with van der Waals surface area (Å²) in [6.45, 7) is 0. The topological polar surface area (TPSA) is 42.4 Å². The Labute approximate surface area is 112 Å². The van der Waals surface area contributed by atoms with Crippen LogP contribution in [0, 0.1) is 5.92 Å². The van der Waals surface area contributed by atoms with E-state index in [4.69, 9.17) is 4.74 Å². The molecule has 1 aliphatic heterocycles. The second kappa shape index (κ2) is 3.94. The second-order valence-corrected chi connectivity index (χ2v) is 5.71. The molecule has 4 rings (SSSR count). The molecule has 0 saturated heterocycles. The Balaban J connectivity index is 1.87. The average molecular weight is 255 g/mol. The first kappa shape index (κ1) is 11.2. The molecule has 1 saturated carbocycles. The van der Waals surface area contributed by atoms with E-state index < -0.39 is 5.79 Å². The van der Waals surface area contributed by atoms with Crippen LogP contribution in [0.1, 0.15) is 31.2 Å². The zero-order valence-electron chi connectivity index (χ0n) is 10.8. The minimum atomic E-state index is -0.943. The smallest absolute Gasteiger partial charge is 0.211 e. The van der Waals surface area contributed by atoms with Gasteiger partial charge in [0.2, 0.25) is 5.79 Å². The van der Waals surface area contributed by atoms with Crippen LogP contribution in [-0.4, -0.2) is 15.9 Å². The van der Waals surface area contributed by atoms with E-state index in [0.29, 0.717) is 0 Å². The number of hydrogen-bond acceptors (Lipinski definition) is 3. The molecular formula is C16H17NO2. The Bertz CT molecular complexity index is 640. The van der Waals surface area contributed by atoms with Crippen molar-refractivity contribution in [1.29, 1.82) is 0 Å². The summed E-state index contributed by atoms with van der Waals surface area (Å²) in [5.41, 5.74) is 2.22. The molecule has 98 valence electrons. The van der Waals surface area contributed by atoms with Crippen molar-refractivity contribution in [2.24, 2.45) is 5.92 Å². The van der Waals surface area contributed by atoms with Crippen LogP contribution in [0.25, 0.3) is 10.9 Å². The largest absolute Gasteiger partial charge is 0.462 e. The summed E-state index contributed by atoms with van der Waals surface area (Å²) in [4.78, 5) is 4.39. The number of ether oxygens (including phenoxy) is 1. The fourth-order valence-electron chi connectivity index (χ4n) is 3.53. The van der Waals surface area contributed by atoms with Crippen LogP contribution in [-0.2, 0) is 6.42 Å². The van der Waals surface area contributed by atoms with Gasteiger partial charge in [-0.25, -0.2) is 0 Å². The maximum Gasteiger partial charge on any atom is 0.211 e. The van der Waals surface area contributed by atoms with Crippen LogP contribution in [0.5, 0.6) is 5.75 Å². The Morgan fingerprint density at radius 2 is 2.21 bits per heavy atom. The van der Waals surface area contributed by atoms with E-state index in [1.165, 1.54) is 12.0 Å². The third-order valence-corrected chi connectivity index (χ3v) is 4.57. The molecule has 2 heterocycles. The summed E-state index contributed by atoms with van der Waals surface area (Å²) in [6.07, 6.45) is 6.76. The zero-order valence-corrected chi connectivity index (χ0v) is 10.8. The van der Waals surface area contributed by atoms with E-state index in [1.807, 2.05) is 24.4 Å². The summed E-state index contributed by atoms with van der Waals surface area (Å²) in [5.74, 6) is 0.113. The molecular weight excluding hydrogens is 238 g/mol. The monoisotopic (exact) mass is 255 g/mol. The molecule has 2 aromatic rings. The lowest BCUT2D eigenvalue weighted by atomic mass is 9.77. The molecule has 0 radical (unpaired) electrons. The average Bonchev–Trinajstić information content (AvgIpc) is 2.44. The number of benzene rings is 1. The van der Waals surface area contributed by atoms with E-state index in [9.17, 15) is 5.11 Å². The van der Waals surface area contributed by atoms with Crippen LogP contribution in [0.2, 0.25) is 0 Å². The SMILES string of the molecule is O[C@@]12CCCC[C@@H]1Cc1c(ccc3ncccc13)O2. The molecule has 3 nitrogen and oxygen atoms in total. The molecule has 1 aromatic carbocycles. The number of aromatic nitrogens is 1. The van der Waals surface area contributed by atoms with Gasteiger partial charge in [-0.05, 0) is 37.5 Å². The lowest BCUT2D eigenvalue weighted by molar-refractivity contribution is -0.203. The summed E-state index contributed by atoms with van der Waals surface area (Å²) in [6, 6.07) is 7.98. The van der Waals surface area contributed by atoms with Crippen molar-refractivity contribution in [2.45, 2.75) is 37.9 Å². The van der Waals surface area contributed by atoms with Crippen molar-refractivity contribution < 1.29 is 9.84 Å². The lowest BCUT2D eigenvalue weighted by Crippen LogP contribution is -2.49. The third-order valence-electron chi connectivity index (χ3n) is 4.57. The number of pyridine rings is 1. The molecule has 1 aromatic heterocycles. The molecule has 19 heavy (non-hydrogen) atoms. The van der Waals surface area contributed by atoms with Crippen molar-refractivity contribution in [3.8, 4) is 5.75 Å². The minimum absolute atomic E-state index is 0.222. The van der Waals surface area contributed by atoms with Gasteiger partial charge >= 0.3 is 0 Å². The van der Waals surface area contributed by atoms with Crippen molar-refractivity contribution in [1.82, 2.24) is 4.98 Å². The molecule has 2 atom stereocenters. The van der Waals surface area contributed by atoms with Crippen LogP contribution in [0.15, 0.2) is 30.5 Å². The van der Waals surface area contributed by atoms with Crippen molar-refractivity contribution in [2.75, 3.05) is 0 Å². The van der Waals surface area contributed by atoms with Crippen LogP contribution < -0.4 is 4.74 Å². The van der Waals surface area contributed by atoms with E-state index in [2.05, 4.69) is 11.1 Å². The van der Waals surface area contributed by atoms with Crippen LogP contribution >= 0.6 is 0 Å². The number of aliphatic hydroxyl groups is 1. The Hall–Kier alpha value is -1.61. The summed E-state index contributed by atoms with van der Waals surface area (Å²) < 4.78 is 5.96. The second-order valence-electron chi connectivity index (χ2n) is 5.71. The van der Waals surface area contributed by atoms with Crippen LogP contribution in [0.3, 0.4) is 0 Å². The van der Waals surface area contributed by atoms with Gasteiger partial charge in [-0.2, -0.15) is 0 Å². The molecule has 0 spiro atoms. The fourth-order valence-corrected chi connectivity index (χ4v) is 3.53. The highest BCUT2D eigenvalue weighted by Gasteiger charge is 2.45. The normalized spacial score (nSPS) is 29.4. The van der Waals surface area contributed by atoms with Crippen LogP contribution in [0.4, 0.5) is 0 Å². The molecule has 3 heteroatoms. The van der Waals surface area contributed by atoms with E-state index in [0.717, 1.165) is 42.3 Å². The van der Waals surface area contributed by atoms with Crippen molar-refractivity contribution in [3.63, 3.8) is 0 Å². The van der Waals surface area contributed by atoms with Crippen molar-refractivity contribution >= 4 is 10.9 Å². The lowest BCUT2D eigenvalue weighted by Gasteiger charge is -2.44. The number of hydrogen-bond donors (Lipinski definition) is 1. The van der Waals surface area contributed by atoms with Gasteiger partial charge in [-0.1, -0.05) is 12.5 Å². The predicted molar refractivity (Wildman–Crippen MR) is 73.0 cm³/mol. The summed E-state index contributed by atoms with van der Waals surface area (Å²) >= 11 is 0. The zero-order chi connectivity index (χ0) is 12.9. The van der Waals surface area contributed by atoms with Gasteiger partial charge in [0.05, 0.1) is 5.52 Å². The summed E-state index contributed by atoms with van der Waals surface area (Å²) in [7, 11) is 0. The predicted octanol–water partition coefficient (Wildman–Crippen LogP) is 3.05.